The number of carbonyl (C=O) groups is 1. The lowest BCUT2D eigenvalue weighted by Gasteiger charge is -2.22. The number of carbonyl (C=O) groups excluding carboxylic acids is 1. The second-order valence-electron chi connectivity index (χ2n) is 7.14. The molecule has 2 atom stereocenters. The first-order valence-corrected chi connectivity index (χ1v) is 9.26. The number of aromatic nitrogens is 3. The van der Waals surface area contributed by atoms with E-state index in [0.29, 0.717) is 6.54 Å². The van der Waals surface area contributed by atoms with Gasteiger partial charge in [-0.15, -0.1) is 0 Å². The van der Waals surface area contributed by atoms with Gasteiger partial charge in [0, 0.05) is 44.1 Å². The molecule has 4 heterocycles. The van der Waals surface area contributed by atoms with Crippen LogP contribution in [0.15, 0.2) is 30.6 Å². The van der Waals surface area contributed by atoms with Crippen LogP contribution >= 0.6 is 0 Å². The predicted octanol–water partition coefficient (Wildman–Crippen LogP) is 2.20. The third-order valence-corrected chi connectivity index (χ3v) is 5.15. The topological polar surface area (TPSA) is 63.5 Å². The van der Waals surface area contributed by atoms with Crippen molar-refractivity contribution in [2.24, 2.45) is 0 Å². The Morgan fingerprint density at radius 1 is 1.27 bits per heavy atom. The van der Waals surface area contributed by atoms with Crippen molar-refractivity contribution in [2.75, 3.05) is 13.1 Å². The maximum absolute atomic E-state index is 12.2. The summed E-state index contributed by atoms with van der Waals surface area (Å²) in [7, 11) is 0. The molecule has 2 saturated heterocycles. The van der Waals surface area contributed by atoms with Crippen molar-refractivity contribution in [3.63, 3.8) is 0 Å². The Bertz CT molecular complexity index is 775. The van der Waals surface area contributed by atoms with Gasteiger partial charge in [0.05, 0.1) is 24.0 Å². The molecule has 26 heavy (non-hydrogen) atoms. The number of hydrogen-bond acceptors (Lipinski definition) is 5. The molecule has 0 unspecified atom stereocenters. The van der Waals surface area contributed by atoms with Gasteiger partial charge in [-0.2, -0.15) is 5.10 Å². The second-order valence-corrected chi connectivity index (χ2v) is 7.14. The average Bonchev–Trinajstić information content (AvgIpc) is 3.25. The fourth-order valence-corrected chi connectivity index (χ4v) is 3.86. The normalized spacial score (nSPS) is 22.7. The van der Waals surface area contributed by atoms with Crippen LogP contribution in [0.1, 0.15) is 30.3 Å². The van der Waals surface area contributed by atoms with Crippen molar-refractivity contribution in [3.8, 4) is 0 Å². The molecule has 138 valence electrons. The molecule has 0 aliphatic carbocycles. The molecular formula is C19H25N5O2. The zero-order chi connectivity index (χ0) is 18.1. The summed E-state index contributed by atoms with van der Waals surface area (Å²) in [6, 6.07) is 5.86. The lowest BCUT2D eigenvalue weighted by Crippen LogP contribution is -2.37. The number of ether oxygens (including phenoxy) is 1. The van der Waals surface area contributed by atoms with Gasteiger partial charge in [-0.05, 0) is 25.5 Å². The van der Waals surface area contributed by atoms with E-state index in [1.54, 1.807) is 6.20 Å². The van der Waals surface area contributed by atoms with E-state index in [4.69, 9.17) is 4.74 Å². The quantitative estimate of drug-likeness (QED) is 0.795. The van der Waals surface area contributed by atoms with Crippen LogP contribution in [0.2, 0.25) is 0 Å². The molecule has 7 heteroatoms. The molecule has 2 fully saturated rings. The van der Waals surface area contributed by atoms with Crippen LogP contribution in [-0.2, 0) is 24.4 Å². The molecule has 2 aliphatic heterocycles. The molecule has 2 aromatic rings. The number of aryl methyl sites for hydroxylation is 2. The summed E-state index contributed by atoms with van der Waals surface area (Å²) in [6.45, 7) is 8.10. The van der Waals surface area contributed by atoms with Gasteiger partial charge >= 0.3 is 6.09 Å². The van der Waals surface area contributed by atoms with Gasteiger partial charge in [-0.25, -0.2) is 4.79 Å². The first-order chi connectivity index (χ1) is 12.6. The molecule has 2 aliphatic rings. The summed E-state index contributed by atoms with van der Waals surface area (Å²) >= 11 is 0. The summed E-state index contributed by atoms with van der Waals surface area (Å²) < 4.78 is 7.63. The number of nitrogens with zero attached hydrogens (tertiary/aromatic N) is 5. The Balaban J connectivity index is 1.42. The molecule has 0 saturated carbocycles. The number of likely N-dealkylation sites (tertiary alicyclic amines) is 1. The Morgan fingerprint density at radius 2 is 2.15 bits per heavy atom. The van der Waals surface area contributed by atoms with Gasteiger partial charge < -0.3 is 4.74 Å². The molecule has 0 bridgehead atoms. The number of fused-ring (bicyclic) bond motifs is 1. The van der Waals surface area contributed by atoms with Gasteiger partial charge in [0.15, 0.2) is 0 Å². The third kappa shape index (κ3) is 3.31. The van der Waals surface area contributed by atoms with Crippen molar-refractivity contribution in [1.29, 1.82) is 0 Å². The fourth-order valence-electron chi connectivity index (χ4n) is 3.86. The maximum Gasteiger partial charge on any atom is 0.410 e. The summed E-state index contributed by atoms with van der Waals surface area (Å²) in [5, 5.41) is 4.58. The SMILES string of the molecule is CCCn1cc(CN2C[C@@H]3OC(=O)N(Cc4ccccn4)[C@@H]3C2)c(C)n1. The van der Waals surface area contributed by atoms with Crippen molar-refractivity contribution in [1.82, 2.24) is 24.6 Å². The maximum atomic E-state index is 12.2. The van der Waals surface area contributed by atoms with E-state index in [9.17, 15) is 4.79 Å². The smallest absolute Gasteiger partial charge is 0.410 e. The highest BCUT2D eigenvalue weighted by atomic mass is 16.6. The standard InChI is InChI=1S/C19H25N5O2/c1-3-8-23-10-15(14(2)21-23)9-22-12-17-18(13-22)26-19(25)24(17)11-16-6-4-5-7-20-16/h4-7,10,17-18H,3,8-9,11-13H2,1-2H3/t17-,18+/m1/s1. The van der Waals surface area contributed by atoms with E-state index >= 15 is 0 Å². The molecule has 0 spiro atoms. The average molecular weight is 355 g/mol. The molecular weight excluding hydrogens is 330 g/mol. The number of hydrogen-bond donors (Lipinski definition) is 0. The summed E-state index contributed by atoms with van der Waals surface area (Å²) in [5.41, 5.74) is 3.22. The van der Waals surface area contributed by atoms with Crippen LogP contribution in [0.3, 0.4) is 0 Å². The molecule has 0 radical (unpaired) electrons. The molecule has 0 aromatic carbocycles. The summed E-state index contributed by atoms with van der Waals surface area (Å²) in [5.74, 6) is 0. The van der Waals surface area contributed by atoms with Crippen LogP contribution in [0.5, 0.6) is 0 Å². The van der Waals surface area contributed by atoms with Gasteiger partial charge in [-0.3, -0.25) is 19.5 Å². The second kappa shape index (κ2) is 7.07. The monoisotopic (exact) mass is 355 g/mol. The van der Waals surface area contributed by atoms with E-state index in [0.717, 1.165) is 44.0 Å². The molecule has 7 nitrogen and oxygen atoms in total. The molecule has 4 rings (SSSR count). The molecule has 0 N–H and O–H groups in total. The van der Waals surface area contributed by atoms with E-state index in [1.165, 1.54) is 5.56 Å². The summed E-state index contributed by atoms with van der Waals surface area (Å²) in [6.07, 6.45) is 4.69. The van der Waals surface area contributed by atoms with Gasteiger partial charge in [0.2, 0.25) is 0 Å². The molecule has 1 amide bonds. The number of pyridine rings is 1. The van der Waals surface area contributed by atoms with E-state index in [2.05, 4.69) is 35.0 Å². The van der Waals surface area contributed by atoms with E-state index < -0.39 is 0 Å². The minimum absolute atomic E-state index is 0.0581. The van der Waals surface area contributed by atoms with Crippen molar-refractivity contribution >= 4 is 6.09 Å². The first-order valence-electron chi connectivity index (χ1n) is 9.26. The van der Waals surface area contributed by atoms with E-state index in [1.807, 2.05) is 27.8 Å². The predicted molar refractivity (Wildman–Crippen MR) is 96.4 cm³/mol. The lowest BCUT2D eigenvalue weighted by atomic mass is 10.2. The van der Waals surface area contributed by atoms with Crippen molar-refractivity contribution < 1.29 is 9.53 Å². The Morgan fingerprint density at radius 3 is 2.92 bits per heavy atom. The Kier molecular flexibility index (Phi) is 4.63. The van der Waals surface area contributed by atoms with E-state index in [-0.39, 0.29) is 18.2 Å². The first kappa shape index (κ1) is 17.0. The van der Waals surface area contributed by atoms with Crippen LogP contribution in [-0.4, -0.2) is 55.9 Å². The highest BCUT2D eigenvalue weighted by molar-refractivity contribution is 5.71. The van der Waals surface area contributed by atoms with Gasteiger partial charge in [0.1, 0.15) is 6.10 Å². The highest BCUT2D eigenvalue weighted by Crippen LogP contribution is 2.29. The lowest BCUT2D eigenvalue weighted by molar-refractivity contribution is 0.119. The highest BCUT2D eigenvalue weighted by Gasteiger charge is 2.47. The summed E-state index contributed by atoms with van der Waals surface area (Å²) in [4.78, 5) is 20.7. The zero-order valence-electron chi connectivity index (χ0n) is 15.3. The zero-order valence-corrected chi connectivity index (χ0v) is 15.3. The van der Waals surface area contributed by atoms with Crippen LogP contribution in [0.25, 0.3) is 0 Å². The minimum atomic E-state index is -0.225. The third-order valence-electron chi connectivity index (χ3n) is 5.15. The van der Waals surface area contributed by atoms with Crippen LogP contribution in [0.4, 0.5) is 4.79 Å². The van der Waals surface area contributed by atoms with Crippen molar-refractivity contribution in [2.45, 2.75) is 52.0 Å². The Hall–Kier alpha value is -2.41. The van der Waals surface area contributed by atoms with Gasteiger partial charge in [-0.1, -0.05) is 13.0 Å². The number of amides is 1. The van der Waals surface area contributed by atoms with Crippen molar-refractivity contribution in [3.05, 3.63) is 47.5 Å². The largest absolute Gasteiger partial charge is 0.442 e. The minimum Gasteiger partial charge on any atom is -0.442 e. The van der Waals surface area contributed by atoms with Gasteiger partial charge in [0.25, 0.3) is 0 Å². The fraction of sp³-hybridized carbons (Fsp3) is 0.526. The molecule has 2 aromatic heterocycles. The van der Waals surface area contributed by atoms with Crippen LogP contribution in [0, 0.1) is 6.92 Å². The van der Waals surface area contributed by atoms with Crippen LogP contribution < -0.4 is 0 Å². The number of rotatable bonds is 6. The Labute approximate surface area is 153 Å².